The molecule has 0 aliphatic carbocycles. The number of fused-ring (bicyclic) bond motifs is 1. The molecule has 0 atom stereocenters. The van der Waals surface area contributed by atoms with Gasteiger partial charge in [0.1, 0.15) is 18.2 Å². The van der Waals surface area contributed by atoms with E-state index in [9.17, 15) is 15.2 Å². The van der Waals surface area contributed by atoms with E-state index in [-0.39, 0.29) is 11.3 Å². The maximum Gasteiger partial charge on any atom is 0.338 e. The Labute approximate surface area is 160 Å². The van der Waals surface area contributed by atoms with Crippen LogP contribution in [0.1, 0.15) is 16.2 Å². The number of aliphatic hydroxyl groups excluding tert-OH is 1. The van der Waals surface area contributed by atoms with Gasteiger partial charge in [0.25, 0.3) is 0 Å². The van der Waals surface area contributed by atoms with Crippen LogP contribution in [0, 0.1) is 11.3 Å². The van der Waals surface area contributed by atoms with E-state index in [0.29, 0.717) is 16.9 Å². The summed E-state index contributed by atoms with van der Waals surface area (Å²) >= 11 is 1.57. The summed E-state index contributed by atoms with van der Waals surface area (Å²) in [5, 5.41) is 19.8. The minimum absolute atomic E-state index is 0.0285. The van der Waals surface area contributed by atoms with E-state index in [1.807, 2.05) is 48.7 Å². The SMILES string of the molecule is CSc1ccc(C(=O)OC/C(O)=C(\C#N)c2nc3ccccc3n2C)cc1. The molecule has 0 unspecified atom stereocenters. The Morgan fingerprint density at radius 3 is 2.59 bits per heavy atom. The Balaban J connectivity index is 1.81. The summed E-state index contributed by atoms with van der Waals surface area (Å²) in [6, 6.07) is 16.3. The van der Waals surface area contributed by atoms with E-state index >= 15 is 0 Å². The molecule has 6 nitrogen and oxygen atoms in total. The van der Waals surface area contributed by atoms with Crippen LogP contribution in [0.3, 0.4) is 0 Å². The summed E-state index contributed by atoms with van der Waals surface area (Å²) < 4.78 is 6.86. The Morgan fingerprint density at radius 2 is 1.96 bits per heavy atom. The average molecular weight is 379 g/mol. The van der Waals surface area contributed by atoms with Crippen molar-refractivity contribution in [2.24, 2.45) is 7.05 Å². The molecule has 0 amide bonds. The Hall–Kier alpha value is -3.24. The van der Waals surface area contributed by atoms with Crippen molar-refractivity contribution in [3.63, 3.8) is 0 Å². The summed E-state index contributed by atoms with van der Waals surface area (Å²) in [5.41, 5.74) is 1.89. The van der Waals surface area contributed by atoms with Gasteiger partial charge in [0.15, 0.2) is 11.6 Å². The van der Waals surface area contributed by atoms with Gasteiger partial charge < -0.3 is 14.4 Å². The predicted octanol–water partition coefficient (Wildman–Crippen LogP) is 3.94. The van der Waals surface area contributed by atoms with E-state index in [4.69, 9.17) is 4.74 Å². The molecule has 136 valence electrons. The Bertz CT molecular complexity index is 1060. The molecule has 1 heterocycles. The molecule has 3 rings (SSSR count). The van der Waals surface area contributed by atoms with Crippen molar-refractivity contribution >= 4 is 34.3 Å². The summed E-state index contributed by atoms with van der Waals surface area (Å²) in [6.07, 6.45) is 1.95. The van der Waals surface area contributed by atoms with Crippen molar-refractivity contribution in [3.8, 4) is 6.07 Å². The van der Waals surface area contributed by atoms with Crippen molar-refractivity contribution in [1.82, 2.24) is 9.55 Å². The number of ether oxygens (including phenoxy) is 1. The second-order valence-electron chi connectivity index (χ2n) is 5.72. The fraction of sp³-hybridized carbons (Fsp3) is 0.150. The van der Waals surface area contributed by atoms with E-state index in [0.717, 1.165) is 10.4 Å². The van der Waals surface area contributed by atoms with Crippen molar-refractivity contribution in [2.45, 2.75) is 4.90 Å². The molecule has 1 N–H and O–H groups in total. The smallest absolute Gasteiger partial charge is 0.338 e. The van der Waals surface area contributed by atoms with E-state index < -0.39 is 12.6 Å². The number of nitrogens with zero attached hydrogens (tertiary/aromatic N) is 3. The van der Waals surface area contributed by atoms with Gasteiger partial charge >= 0.3 is 5.97 Å². The van der Waals surface area contributed by atoms with Gasteiger partial charge in [0.2, 0.25) is 0 Å². The van der Waals surface area contributed by atoms with Crippen LogP contribution >= 0.6 is 11.8 Å². The molecule has 0 spiro atoms. The maximum atomic E-state index is 12.1. The monoisotopic (exact) mass is 379 g/mol. The number of thioether (sulfide) groups is 1. The number of imidazole rings is 1. The topological polar surface area (TPSA) is 88.1 Å². The predicted molar refractivity (Wildman–Crippen MR) is 104 cm³/mol. The van der Waals surface area contributed by atoms with E-state index in [2.05, 4.69) is 4.98 Å². The lowest BCUT2D eigenvalue weighted by Crippen LogP contribution is -2.10. The quantitative estimate of drug-likeness (QED) is 0.313. The Kier molecular flexibility index (Phi) is 5.48. The first kappa shape index (κ1) is 18.5. The first-order valence-electron chi connectivity index (χ1n) is 8.10. The van der Waals surface area contributed by atoms with Crippen LogP contribution in [-0.4, -0.2) is 33.5 Å². The molecule has 0 radical (unpaired) electrons. The third-order valence-corrected chi connectivity index (χ3v) is 4.82. The van der Waals surface area contributed by atoms with Gasteiger partial charge in [-0.05, 0) is 42.7 Å². The van der Waals surface area contributed by atoms with Crippen molar-refractivity contribution in [2.75, 3.05) is 12.9 Å². The molecule has 27 heavy (non-hydrogen) atoms. The number of aryl methyl sites for hydroxylation is 1. The highest BCUT2D eigenvalue weighted by Gasteiger charge is 2.17. The summed E-state index contributed by atoms with van der Waals surface area (Å²) in [5.74, 6) is -0.599. The first-order valence-corrected chi connectivity index (χ1v) is 9.33. The molecule has 7 heteroatoms. The van der Waals surface area contributed by atoms with Crippen molar-refractivity contribution in [3.05, 3.63) is 65.7 Å². The number of rotatable bonds is 5. The molecule has 2 aromatic carbocycles. The number of esters is 1. The number of allylic oxidation sites excluding steroid dienone is 1. The molecule has 0 saturated carbocycles. The number of carbonyl (C=O) groups is 1. The number of benzene rings is 2. The second kappa shape index (κ2) is 7.98. The zero-order valence-corrected chi connectivity index (χ0v) is 15.7. The average Bonchev–Trinajstić information content (AvgIpc) is 3.03. The number of hydrogen-bond acceptors (Lipinski definition) is 6. The van der Waals surface area contributed by atoms with Crippen LogP contribution in [0.5, 0.6) is 0 Å². The fourth-order valence-corrected chi connectivity index (χ4v) is 3.04. The summed E-state index contributed by atoms with van der Waals surface area (Å²) in [4.78, 5) is 17.6. The lowest BCUT2D eigenvalue weighted by Gasteiger charge is -2.07. The van der Waals surface area contributed by atoms with Crippen LogP contribution in [0.2, 0.25) is 0 Å². The Morgan fingerprint density at radius 1 is 1.26 bits per heavy atom. The van der Waals surface area contributed by atoms with Crippen LogP contribution in [-0.2, 0) is 11.8 Å². The number of carbonyl (C=O) groups excluding carboxylic acids is 1. The molecular weight excluding hydrogens is 362 g/mol. The van der Waals surface area contributed by atoms with Gasteiger partial charge in [-0.15, -0.1) is 11.8 Å². The molecular formula is C20H17N3O3S. The van der Waals surface area contributed by atoms with E-state index in [1.54, 1.807) is 35.5 Å². The third-order valence-electron chi connectivity index (χ3n) is 4.08. The number of hydrogen-bond donors (Lipinski definition) is 1. The highest BCUT2D eigenvalue weighted by Crippen LogP contribution is 2.22. The molecule has 0 fully saturated rings. The zero-order chi connectivity index (χ0) is 19.4. The lowest BCUT2D eigenvalue weighted by atomic mass is 10.2. The minimum Gasteiger partial charge on any atom is -0.507 e. The normalized spacial score (nSPS) is 11.7. The molecule has 0 aliphatic heterocycles. The molecule has 0 bridgehead atoms. The fourth-order valence-electron chi connectivity index (χ4n) is 2.63. The number of aliphatic hydroxyl groups is 1. The summed E-state index contributed by atoms with van der Waals surface area (Å²) in [6.45, 7) is -0.408. The van der Waals surface area contributed by atoms with Gasteiger partial charge in [-0.2, -0.15) is 5.26 Å². The number of nitriles is 1. The lowest BCUT2D eigenvalue weighted by molar-refractivity contribution is 0.0502. The standard InChI is InChI=1S/C20H17N3O3S/c1-23-17-6-4-3-5-16(17)22-19(23)15(11-21)18(24)12-26-20(25)13-7-9-14(27-2)10-8-13/h3-10,24H,12H2,1-2H3/b18-15-. The largest absolute Gasteiger partial charge is 0.507 e. The first-order chi connectivity index (χ1) is 13.0. The summed E-state index contributed by atoms with van der Waals surface area (Å²) in [7, 11) is 1.76. The molecule has 3 aromatic rings. The number of para-hydroxylation sites is 2. The molecule has 0 saturated heterocycles. The van der Waals surface area contributed by atoms with Gasteiger partial charge in [-0.3, -0.25) is 0 Å². The highest BCUT2D eigenvalue weighted by atomic mass is 32.2. The zero-order valence-electron chi connectivity index (χ0n) is 14.8. The molecule has 1 aromatic heterocycles. The van der Waals surface area contributed by atoms with Gasteiger partial charge in [0, 0.05) is 11.9 Å². The second-order valence-corrected chi connectivity index (χ2v) is 6.60. The van der Waals surface area contributed by atoms with Crippen molar-refractivity contribution < 1.29 is 14.6 Å². The highest BCUT2D eigenvalue weighted by molar-refractivity contribution is 7.98. The van der Waals surface area contributed by atoms with Crippen LogP contribution in [0.4, 0.5) is 0 Å². The number of aromatic nitrogens is 2. The van der Waals surface area contributed by atoms with Crippen LogP contribution < -0.4 is 0 Å². The van der Waals surface area contributed by atoms with Crippen molar-refractivity contribution in [1.29, 1.82) is 5.26 Å². The minimum atomic E-state index is -0.573. The van der Waals surface area contributed by atoms with Gasteiger partial charge in [0.05, 0.1) is 16.6 Å². The molecule has 0 aliphatic rings. The van der Waals surface area contributed by atoms with Crippen LogP contribution in [0.15, 0.2) is 59.2 Å². The maximum absolute atomic E-state index is 12.1. The van der Waals surface area contributed by atoms with Crippen LogP contribution in [0.25, 0.3) is 16.6 Å². The van der Waals surface area contributed by atoms with Gasteiger partial charge in [-0.25, -0.2) is 9.78 Å². The third kappa shape index (κ3) is 3.81. The van der Waals surface area contributed by atoms with E-state index in [1.165, 1.54) is 0 Å². The van der Waals surface area contributed by atoms with Gasteiger partial charge in [-0.1, -0.05) is 12.1 Å².